The van der Waals surface area contributed by atoms with E-state index in [9.17, 15) is 0 Å². The lowest BCUT2D eigenvalue weighted by molar-refractivity contribution is 0.381. The fraction of sp³-hybridized carbons (Fsp3) is 0.562. The highest BCUT2D eigenvalue weighted by molar-refractivity contribution is 7.80. The second-order valence-electron chi connectivity index (χ2n) is 6.45. The standard InChI is InChI=1S/C16H22N2S/c1-16(2)10-9-14(12-5-3-4-6-13(12)16)18-15(19)17-11-7-8-11/h3-6,11,14H,7-10H2,1-2H3,(H2,17,18,19)/t14-/m0/s1. The average molecular weight is 274 g/mol. The molecule has 0 heterocycles. The summed E-state index contributed by atoms with van der Waals surface area (Å²) < 4.78 is 0. The van der Waals surface area contributed by atoms with Gasteiger partial charge in [-0.05, 0) is 54.4 Å². The quantitative estimate of drug-likeness (QED) is 0.808. The highest BCUT2D eigenvalue weighted by Gasteiger charge is 2.32. The lowest BCUT2D eigenvalue weighted by atomic mass is 9.71. The Balaban J connectivity index is 1.77. The topological polar surface area (TPSA) is 24.1 Å². The number of hydrogen-bond donors (Lipinski definition) is 2. The van der Waals surface area contributed by atoms with E-state index >= 15 is 0 Å². The van der Waals surface area contributed by atoms with E-state index in [1.165, 1.54) is 30.4 Å². The molecule has 2 aliphatic carbocycles. The number of thiocarbonyl (C=S) groups is 1. The predicted molar refractivity (Wildman–Crippen MR) is 83.3 cm³/mol. The Kier molecular flexibility index (Phi) is 3.25. The van der Waals surface area contributed by atoms with Gasteiger partial charge in [0.15, 0.2) is 5.11 Å². The van der Waals surface area contributed by atoms with Crippen molar-refractivity contribution < 1.29 is 0 Å². The first-order valence-corrected chi connectivity index (χ1v) is 7.63. The molecule has 0 spiro atoms. The van der Waals surface area contributed by atoms with E-state index < -0.39 is 0 Å². The maximum absolute atomic E-state index is 5.42. The van der Waals surface area contributed by atoms with Gasteiger partial charge in [-0.2, -0.15) is 0 Å². The number of benzene rings is 1. The van der Waals surface area contributed by atoms with Gasteiger partial charge in [-0.3, -0.25) is 0 Å². The van der Waals surface area contributed by atoms with E-state index in [0.29, 0.717) is 12.1 Å². The van der Waals surface area contributed by atoms with Gasteiger partial charge < -0.3 is 10.6 Å². The molecule has 0 radical (unpaired) electrons. The van der Waals surface area contributed by atoms with Crippen molar-refractivity contribution >= 4 is 17.3 Å². The van der Waals surface area contributed by atoms with E-state index in [4.69, 9.17) is 12.2 Å². The Morgan fingerprint density at radius 2 is 1.89 bits per heavy atom. The Morgan fingerprint density at radius 1 is 1.16 bits per heavy atom. The molecule has 0 saturated heterocycles. The van der Waals surface area contributed by atoms with Crippen LogP contribution in [0.15, 0.2) is 24.3 Å². The molecule has 19 heavy (non-hydrogen) atoms. The van der Waals surface area contributed by atoms with Crippen molar-refractivity contribution in [2.24, 2.45) is 0 Å². The molecular weight excluding hydrogens is 252 g/mol. The van der Waals surface area contributed by atoms with Gasteiger partial charge in [0, 0.05) is 6.04 Å². The molecule has 3 heteroatoms. The van der Waals surface area contributed by atoms with Gasteiger partial charge in [-0.15, -0.1) is 0 Å². The van der Waals surface area contributed by atoms with Crippen LogP contribution in [0.2, 0.25) is 0 Å². The molecule has 2 N–H and O–H groups in total. The zero-order valence-corrected chi connectivity index (χ0v) is 12.5. The summed E-state index contributed by atoms with van der Waals surface area (Å²) in [6, 6.07) is 9.77. The lowest BCUT2D eigenvalue weighted by Crippen LogP contribution is -2.41. The van der Waals surface area contributed by atoms with E-state index in [-0.39, 0.29) is 5.41 Å². The molecule has 0 bridgehead atoms. The van der Waals surface area contributed by atoms with Crippen LogP contribution in [0.1, 0.15) is 56.7 Å². The number of nitrogens with one attached hydrogen (secondary N) is 2. The van der Waals surface area contributed by atoms with E-state index in [1.807, 2.05) is 0 Å². The summed E-state index contributed by atoms with van der Waals surface area (Å²) in [4.78, 5) is 0. The average Bonchev–Trinajstić information content (AvgIpc) is 3.17. The Bertz CT molecular complexity index is 491. The highest BCUT2D eigenvalue weighted by Crippen LogP contribution is 2.41. The van der Waals surface area contributed by atoms with Crippen molar-refractivity contribution in [1.29, 1.82) is 0 Å². The van der Waals surface area contributed by atoms with Gasteiger partial charge in [0.25, 0.3) is 0 Å². The Labute approximate surface area is 121 Å². The van der Waals surface area contributed by atoms with Crippen LogP contribution in [-0.4, -0.2) is 11.2 Å². The van der Waals surface area contributed by atoms with E-state index in [2.05, 4.69) is 48.7 Å². The third-order valence-electron chi connectivity index (χ3n) is 4.34. The Hall–Kier alpha value is -1.09. The van der Waals surface area contributed by atoms with Crippen LogP contribution in [0, 0.1) is 0 Å². The molecule has 0 aliphatic heterocycles. The molecule has 2 nitrogen and oxygen atoms in total. The molecule has 3 rings (SSSR count). The Morgan fingerprint density at radius 3 is 2.63 bits per heavy atom. The van der Waals surface area contributed by atoms with Crippen molar-refractivity contribution in [2.75, 3.05) is 0 Å². The fourth-order valence-electron chi connectivity index (χ4n) is 2.98. The number of rotatable bonds is 2. The van der Waals surface area contributed by atoms with Crippen molar-refractivity contribution in [3.63, 3.8) is 0 Å². The van der Waals surface area contributed by atoms with E-state index in [0.717, 1.165) is 11.5 Å². The lowest BCUT2D eigenvalue weighted by Gasteiger charge is -2.37. The molecule has 0 aromatic heterocycles. The summed E-state index contributed by atoms with van der Waals surface area (Å²) in [5.74, 6) is 0. The third-order valence-corrected chi connectivity index (χ3v) is 4.58. The van der Waals surface area contributed by atoms with Crippen LogP contribution in [0.4, 0.5) is 0 Å². The van der Waals surface area contributed by atoms with Gasteiger partial charge in [-0.25, -0.2) is 0 Å². The predicted octanol–water partition coefficient (Wildman–Crippen LogP) is 3.43. The highest BCUT2D eigenvalue weighted by atomic mass is 32.1. The van der Waals surface area contributed by atoms with Gasteiger partial charge in [0.05, 0.1) is 6.04 Å². The first-order valence-electron chi connectivity index (χ1n) is 7.23. The SMILES string of the molecule is CC1(C)CC[C@H](NC(=S)NC2CC2)c2ccccc21. The zero-order valence-electron chi connectivity index (χ0n) is 11.7. The summed E-state index contributed by atoms with van der Waals surface area (Å²) in [5, 5.41) is 7.70. The minimum absolute atomic E-state index is 0.278. The van der Waals surface area contributed by atoms with Crippen LogP contribution >= 0.6 is 12.2 Å². The second kappa shape index (κ2) is 4.78. The van der Waals surface area contributed by atoms with E-state index in [1.54, 1.807) is 0 Å². The first kappa shape index (κ1) is 12.9. The summed E-state index contributed by atoms with van der Waals surface area (Å²) in [7, 11) is 0. The first-order chi connectivity index (χ1) is 9.06. The van der Waals surface area contributed by atoms with Crippen molar-refractivity contribution in [3.05, 3.63) is 35.4 Å². The molecule has 0 amide bonds. The van der Waals surface area contributed by atoms with Crippen molar-refractivity contribution in [3.8, 4) is 0 Å². The molecule has 1 atom stereocenters. The molecule has 0 unspecified atom stereocenters. The zero-order chi connectivity index (χ0) is 13.5. The van der Waals surface area contributed by atoms with Gasteiger partial charge >= 0.3 is 0 Å². The van der Waals surface area contributed by atoms with Crippen LogP contribution in [0.3, 0.4) is 0 Å². The summed E-state index contributed by atoms with van der Waals surface area (Å²) in [5.41, 5.74) is 3.16. The molecular formula is C16H22N2S. The summed E-state index contributed by atoms with van der Waals surface area (Å²) >= 11 is 5.42. The van der Waals surface area contributed by atoms with Crippen LogP contribution in [-0.2, 0) is 5.41 Å². The summed E-state index contributed by atoms with van der Waals surface area (Å²) in [6.07, 6.45) is 4.87. The maximum Gasteiger partial charge on any atom is 0.166 e. The molecule has 1 saturated carbocycles. The van der Waals surface area contributed by atoms with Crippen LogP contribution in [0.25, 0.3) is 0 Å². The monoisotopic (exact) mass is 274 g/mol. The van der Waals surface area contributed by atoms with Gasteiger partial charge in [0.2, 0.25) is 0 Å². The van der Waals surface area contributed by atoms with Crippen LogP contribution in [0.5, 0.6) is 0 Å². The normalized spacial score (nSPS) is 24.4. The molecule has 102 valence electrons. The van der Waals surface area contributed by atoms with Crippen molar-refractivity contribution in [2.45, 2.75) is 57.0 Å². The molecule has 1 aromatic rings. The van der Waals surface area contributed by atoms with Crippen molar-refractivity contribution in [1.82, 2.24) is 10.6 Å². The number of fused-ring (bicyclic) bond motifs is 1. The molecule has 1 aromatic carbocycles. The third kappa shape index (κ3) is 2.76. The van der Waals surface area contributed by atoms with Gasteiger partial charge in [-0.1, -0.05) is 38.1 Å². The van der Waals surface area contributed by atoms with Gasteiger partial charge in [0.1, 0.15) is 0 Å². The fourth-order valence-corrected chi connectivity index (χ4v) is 3.28. The second-order valence-corrected chi connectivity index (χ2v) is 6.86. The molecule has 1 fully saturated rings. The molecule has 2 aliphatic rings. The minimum atomic E-state index is 0.278. The largest absolute Gasteiger partial charge is 0.360 e. The maximum atomic E-state index is 5.42. The smallest absolute Gasteiger partial charge is 0.166 e. The minimum Gasteiger partial charge on any atom is -0.360 e. The van der Waals surface area contributed by atoms with Crippen LogP contribution < -0.4 is 10.6 Å². The number of hydrogen-bond acceptors (Lipinski definition) is 1. The summed E-state index contributed by atoms with van der Waals surface area (Å²) in [6.45, 7) is 4.67.